The average molecular weight is 481 g/mol. The Bertz CT molecular complexity index is 1290. The normalized spacial score (nSPS) is 11.6. The number of carbonyl (C=O) groups is 2. The lowest BCUT2D eigenvalue weighted by Crippen LogP contribution is -2.41. The van der Waals surface area contributed by atoms with Crippen LogP contribution in [0.15, 0.2) is 70.0 Å². The van der Waals surface area contributed by atoms with Crippen molar-refractivity contribution in [2.45, 2.75) is 24.4 Å². The van der Waals surface area contributed by atoms with Crippen LogP contribution < -0.4 is 15.6 Å². The average Bonchev–Trinajstić information content (AvgIpc) is 3.26. The van der Waals surface area contributed by atoms with Gasteiger partial charge in [0, 0.05) is 17.7 Å². The number of amides is 2. The van der Waals surface area contributed by atoms with Gasteiger partial charge in [-0.2, -0.15) is 13.2 Å². The first-order valence-electron chi connectivity index (χ1n) is 9.49. The number of alkyl halides is 3. The fourth-order valence-electron chi connectivity index (χ4n) is 2.71. The molecule has 33 heavy (non-hydrogen) atoms. The molecule has 3 aromatic rings. The second-order valence-electron chi connectivity index (χ2n) is 6.74. The van der Waals surface area contributed by atoms with Crippen LogP contribution in [0.3, 0.4) is 0 Å². The number of rotatable bonds is 6. The van der Waals surface area contributed by atoms with Gasteiger partial charge in [-0.25, -0.2) is 8.42 Å². The predicted octanol–water partition coefficient (Wildman–Crippen LogP) is 3.74. The Hall–Kier alpha value is -3.80. The first-order chi connectivity index (χ1) is 15.5. The summed E-state index contributed by atoms with van der Waals surface area (Å²) < 4.78 is 71.1. The van der Waals surface area contributed by atoms with Gasteiger partial charge in [0.2, 0.25) is 0 Å². The number of aryl methyl sites for hydroxylation is 1. The highest BCUT2D eigenvalue weighted by atomic mass is 32.2. The summed E-state index contributed by atoms with van der Waals surface area (Å²) in [6, 6.07) is 11.5. The molecule has 0 spiro atoms. The predicted molar refractivity (Wildman–Crippen MR) is 112 cm³/mol. The number of hydrogen-bond donors (Lipinski definition) is 3. The summed E-state index contributed by atoms with van der Waals surface area (Å²) in [7, 11) is -4.31. The lowest BCUT2D eigenvalue weighted by atomic mass is 10.2. The molecule has 0 aliphatic heterocycles. The zero-order valence-corrected chi connectivity index (χ0v) is 17.9. The van der Waals surface area contributed by atoms with Gasteiger partial charge < -0.3 is 4.42 Å². The maximum Gasteiger partial charge on any atom is 0.416 e. The zero-order chi connectivity index (χ0) is 24.2. The summed E-state index contributed by atoms with van der Waals surface area (Å²) in [4.78, 5) is 24.0. The topological polar surface area (TPSA) is 118 Å². The molecule has 0 bridgehead atoms. The molecule has 3 rings (SSSR count). The molecule has 0 unspecified atom stereocenters. The van der Waals surface area contributed by atoms with Gasteiger partial charge in [-0.15, -0.1) is 0 Å². The van der Waals surface area contributed by atoms with Crippen molar-refractivity contribution in [2.24, 2.45) is 0 Å². The van der Waals surface area contributed by atoms with Gasteiger partial charge in [0.25, 0.3) is 15.9 Å². The molecule has 8 nitrogen and oxygen atoms in total. The third-order valence-electron chi connectivity index (χ3n) is 4.37. The Morgan fingerprint density at radius 3 is 2.30 bits per heavy atom. The highest BCUT2D eigenvalue weighted by molar-refractivity contribution is 7.92. The molecule has 0 saturated heterocycles. The van der Waals surface area contributed by atoms with E-state index < -0.39 is 33.6 Å². The number of halogens is 3. The van der Waals surface area contributed by atoms with E-state index >= 15 is 0 Å². The van der Waals surface area contributed by atoms with Crippen molar-refractivity contribution in [1.82, 2.24) is 10.9 Å². The Kier molecular flexibility index (Phi) is 6.77. The number of benzene rings is 2. The smallest absolute Gasteiger partial charge is 0.416 e. The summed E-state index contributed by atoms with van der Waals surface area (Å²) in [5.41, 5.74) is 2.86. The van der Waals surface area contributed by atoms with Crippen LogP contribution >= 0.6 is 0 Å². The zero-order valence-electron chi connectivity index (χ0n) is 17.1. The van der Waals surface area contributed by atoms with Crippen LogP contribution in [0, 0.1) is 0 Å². The van der Waals surface area contributed by atoms with Gasteiger partial charge in [0.15, 0.2) is 5.76 Å². The van der Waals surface area contributed by atoms with E-state index in [0.717, 1.165) is 24.3 Å². The monoisotopic (exact) mass is 481 g/mol. The molecule has 3 N–H and O–H groups in total. The van der Waals surface area contributed by atoms with Crippen LogP contribution in [0.1, 0.15) is 39.2 Å². The fourth-order valence-corrected chi connectivity index (χ4v) is 3.81. The minimum atomic E-state index is -4.64. The van der Waals surface area contributed by atoms with Crippen LogP contribution in [-0.4, -0.2) is 20.2 Å². The molecular formula is C21H18F3N3O5S. The Labute approximate surface area is 186 Å². The molecule has 2 aromatic carbocycles. The highest BCUT2D eigenvalue weighted by Crippen LogP contribution is 2.31. The first kappa shape index (κ1) is 23.9. The first-order valence-corrected chi connectivity index (χ1v) is 11.0. The highest BCUT2D eigenvalue weighted by Gasteiger charge is 2.30. The van der Waals surface area contributed by atoms with E-state index in [-0.39, 0.29) is 21.9 Å². The molecule has 0 atom stereocenters. The van der Waals surface area contributed by atoms with Crippen LogP contribution in [0.2, 0.25) is 0 Å². The molecule has 2 amide bonds. The van der Waals surface area contributed by atoms with Crippen LogP contribution in [0.5, 0.6) is 0 Å². The van der Waals surface area contributed by atoms with Crippen molar-refractivity contribution in [2.75, 3.05) is 4.72 Å². The van der Waals surface area contributed by atoms with Gasteiger partial charge in [-0.05, 0) is 48.5 Å². The molecule has 0 fully saturated rings. The Morgan fingerprint density at radius 2 is 1.64 bits per heavy atom. The van der Waals surface area contributed by atoms with E-state index in [4.69, 9.17) is 4.42 Å². The SMILES string of the molecule is CCc1ccc(C(=O)NNC(=O)c2cccc(S(=O)(=O)Nc3cccc(C(F)(F)F)c3)c2)o1. The van der Waals surface area contributed by atoms with E-state index in [2.05, 4.69) is 15.6 Å². The summed E-state index contributed by atoms with van der Waals surface area (Å²) in [6.07, 6.45) is -4.06. The number of sulfonamides is 1. The minimum Gasteiger partial charge on any atom is -0.456 e. The van der Waals surface area contributed by atoms with Crippen LogP contribution in [0.25, 0.3) is 0 Å². The maximum absolute atomic E-state index is 12.9. The molecular weight excluding hydrogens is 463 g/mol. The molecule has 1 heterocycles. The van der Waals surface area contributed by atoms with E-state index in [1.807, 2.05) is 6.92 Å². The fraction of sp³-hybridized carbons (Fsp3) is 0.143. The van der Waals surface area contributed by atoms with E-state index in [1.54, 1.807) is 6.07 Å². The number of hydrogen-bond acceptors (Lipinski definition) is 5. The molecule has 174 valence electrons. The summed E-state index contributed by atoms with van der Waals surface area (Å²) in [5, 5.41) is 0. The largest absolute Gasteiger partial charge is 0.456 e. The van der Waals surface area contributed by atoms with Gasteiger partial charge >= 0.3 is 12.1 Å². The molecule has 0 aliphatic carbocycles. The van der Waals surface area contributed by atoms with Crippen molar-refractivity contribution < 1.29 is 35.6 Å². The molecule has 0 radical (unpaired) electrons. The number of anilines is 1. The molecule has 1 aromatic heterocycles. The second kappa shape index (κ2) is 9.36. The maximum atomic E-state index is 12.9. The lowest BCUT2D eigenvalue weighted by Gasteiger charge is -2.12. The third kappa shape index (κ3) is 5.92. The lowest BCUT2D eigenvalue weighted by molar-refractivity contribution is -0.137. The summed E-state index contributed by atoms with van der Waals surface area (Å²) in [5.74, 6) is -0.966. The van der Waals surface area contributed by atoms with Crippen molar-refractivity contribution in [3.05, 3.63) is 83.3 Å². The van der Waals surface area contributed by atoms with Gasteiger partial charge in [0.1, 0.15) is 5.76 Å². The number of carbonyl (C=O) groups excluding carboxylic acids is 2. The van der Waals surface area contributed by atoms with Crippen LogP contribution in [0.4, 0.5) is 18.9 Å². The quantitative estimate of drug-likeness (QED) is 0.464. The van der Waals surface area contributed by atoms with Gasteiger partial charge in [0.05, 0.1) is 10.5 Å². The summed E-state index contributed by atoms with van der Waals surface area (Å²) >= 11 is 0. The standard InChI is InChI=1S/C21H18F3N3O5S/c1-2-16-9-10-18(32-16)20(29)26-25-19(28)13-5-3-8-17(11-13)33(30,31)27-15-7-4-6-14(12-15)21(22,23)24/h3-12,27H,2H2,1H3,(H,25,28)(H,26,29). The Morgan fingerprint density at radius 1 is 0.939 bits per heavy atom. The molecule has 0 saturated carbocycles. The minimum absolute atomic E-state index is 0.0197. The van der Waals surface area contributed by atoms with Gasteiger partial charge in [-0.1, -0.05) is 19.1 Å². The van der Waals surface area contributed by atoms with Gasteiger partial charge in [-0.3, -0.25) is 25.2 Å². The van der Waals surface area contributed by atoms with Crippen molar-refractivity contribution in [1.29, 1.82) is 0 Å². The van der Waals surface area contributed by atoms with E-state index in [0.29, 0.717) is 18.2 Å². The van der Waals surface area contributed by atoms with Crippen molar-refractivity contribution in [3.8, 4) is 0 Å². The van der Waals surface area contributed by atoms with Crippen molar-refractivity contribution in [3.63, 3.8) is 0 Å². The number of furan rings is 1. The third-order valence-corrected chi connectivity index (χ3v) is 5.75. The second-order valence-corrected chi connectivity index (χ2v) is 8.42. The van der Waals surface area contributed by atoms with Crippen molar-refractivity contribution >= 4 is 27.5 Å². The number of hydrazine groups is 1. The van der Waals surface area contributed by atoms with E-state index in [1.165, 1.54) is 24.3 Å². The summed E-state index contributed by atoms with van der Waals surface area (Å²) in [6.45, 7) is 1.84. The van der Waals surface area contributed by atoms with E-state index in [9.17, 15) is 31.2 Å². The van der Waals surface area contributed by atoms with Crippen LogP contribution in [-0.2, 0) is 22.6 Å². The Balaban J connectivity index is 1.71. The molecule has 0 aliphatic rings. The molecule has 12 heteroatoms. The number of nitrogens with one attached hydrogen (secondary N) is 3.